The molecule has 0 aliphatic carbocycles. The highest BCUT2D eigenvalue weighted by Crippen LogP contribution is 2.13. The Kier molecular flexibility index (Phi) is 4.98. The summed E-state index contributed by atoms with van der Waals surface area (Å²) in [7, 11) is 0. The average molecular weight is 297 g/mol. The molecule has 0 radical (unpaired) electrons. The van der Waals surface area contributed by atoms with Crippen LogP contribution in [0.15, 0.2) is 53.9 Å². The minimum Gasteiger partial charge on any atom is -0.427 e. The van der Waals surface area contributed by atoms with Crippen LogP contribution in [0.3, 0.4) is 0 Å². The van der Waals surface area contributed by atoms with E-state index in [0.717, 1.165) is 5.56 Å². The van der Waals surface area contributed by atoms with Crippen molar-refractivity contribution in [3.63, 3.8) is 0 Å². The van der Waals surface area contributed by atoms with E-state index in [4.69, 9.17) is 4.74 Å². The number of aromatic nitrogens is 1. The van der Waals surface area contributed by atoms with Crippen molar-refractivity contribution in [3.8, 4) is 5.75 Å². The molecule has 112 valence electrons. The van der Waals surface area contributed by atoms with E-state index in [0.29, 0.717) is 17.0 Å². The summed E-state index contributed by atoms with van der Waals surface area (Å²) in [6, 6.07) is 10.1. The summed E-state index contributed by atoms with van der Waals surface area (Å²) in [5.41, 5.74) is 4.41. The molecular weight excluding hydrogens is 282 g/mol. The molecule has 0 aliphatic heterocycles. The Labute approximate surface area is 127 Å². The predicted octanol–water partition coefficient (Wildman–Crippen LogP) is 2.16. The van der Waals surface area contributed by atoms with Crippen LogP contribution in [-0.2, 0) is 4.79 Å². The van der Waals surface area contributed by atoms with E-state index in [1.165, 1.54) is 6.92 Å². The molecule has 1 aromatic carbocycles. The van der Waals surface area contributed by atoms with Gasteiger partial charge in [0.15, 0.2) is 0 Å². The number of pyridine rings is 1. The summed E-state index contributed by atoms with van der Waals surface area (Å²) >= 11 is 0. The first-order valence-electron chi connectivity index (χ1n) is 6.60. The van der Waals surface area contributed by atoms with Crippen LogP contribution < -0.4 is 10.2 Å². The quantitative estimate of drug-likeness (QED) is 0.406. The molecule has 0 saturated heterocycles. The maximum Gasteiger partial charge on any atom is 0.308 e. The summed E-state index contributed by atoms with van der Waals surface area (Å²) < 4.78 is 4.95. The molecule has 1 heterocycles. The van der Waals surface area contributed by atoms with Gasteiger partial charge in [0, 0.05) is 24.9 Å². The highest BCUT2D eigenvalue weighted by molar-refractivity contribution is 6.00. The molecule has 1 amide bonds. The molecule has 6 heteroatoms. The fourth-order valence-corrected chi connectivity index (χ4v) is 1.70. The van der Waals surface area contributed by atoms with Crippen LogP contribution in [0, 0.1) is 0 Å². The summed E-state index contributed by atoms with van der Waals surface area (Å²) in [5, 5.41) is 4.05. The lowest BCUT2D eigenvalue weighted by Crippen LogP contribution is -2.19. The van der Waals surface area contributed by atoms with Crippen LogP contribution in [0.25, 0.3) is 0 Å². The van der Waals surface area contributed by atoms with E-state index in [1.807, 2.05) is 0 Å². The Bertz CT molecular complexity index is 694. The van der Waals surface area contributed by atoms with E-state index in [1.54, 1.807) is 55.7 Å². The first-order chi connectivity index (χ1) is 10.6. The van der Waals surface area contributed by atoms with Crippen LogP contribution in [0.2, 0.25) is 0 Å². The van der Waals surface area contributed by atoms with Gasteiger partial charge in [0.25, 0.3) is 5.91 Å². The maximum atomic E-state index is 11.9. The third kappa shape index (κ3) is 4.24. The van der Waals surface area contributed by atoms with E-state index < -0.39 is 0 Å². The zero-order valence-corrected chi connectivity index (χ0v) is 12.2. The Morgan fingerprint density at radius 2 is 1.64 bits per heavy atom. The first-order valence-corrected chi connectivity index (χ1v) is 6.60. The first kappa shape index (κ1) is 15.4. The summed E-state index contributed by atoms with van der Waals surface area (Å²) in [4.78, 5) is 26.5. The van der Waals surface area contributed by atoms with E-state index in [-0.39, 0.29) is 11.9 Å². The minimum atomic E-state index is -0.372. The molecule has 22 heavy (non-hydrogen) atoms. The van der Waals surface area contributed by atoms with Crippen molar-refractivity contribution in [3.05, 3.63) is 59.9 Å². The molecule has 0 bridgehead atoms. The van der Waals surface area contributed by atoms with Crippen LogP contribution in [0.4, 0.5) is 0 Å². The largest absolute Gasteiger partial charge is 0.427 e. The van der Waals surface area contributed by atoms with Crippen molar-refractivity contribution in [2.45, 2.75) is 13.8 Å². The van der Waals surface area contributed by atoms with Crippen LogP contribution >= 0.6 is 0 Å². The van der Waals surface area contributed by atoms with Crippen LogP contribution in [0.1, 0.15) is 29.8 Å². The molecule has 6 nitrogen and oxygen atoms in total. The van der Waals surface area contributed by atoms with E-state index in [2.05, 4.69) is 15.5 Å². The molecular formula is C16H15N3O3. The number of carbonyl (C=O) groups excluding carboxylic acids is 2. The molecule has 0 unspecified atom stereocenters. The molecule has 2 aromatic rings. The zero-order chi connectivity index (χ0) is 15.9. The van der Waals surface area contributed by atoms with Gasteiger partial charge in [0.2, 0.25) is 0 Å². The number of hydrogen-bond donors (Lipinski definition) is 1. The number of nitrogens with one attached hydrogen (secondary N) is 1. The number of ether oxygens (including phenoxy) is 1. The summed E-state index contributed by atoms with van der Waals surface area (Å²) in [6.45, 7) is 3.11. The van der Waals surface area contributed by atoms with Gasteiger partial charge in [-0.2, -0.15) is 5.10 Å². The smallest absolute Gasteiger partial charge is 0.308 e. The number of carbonyl (C=O) groups is 2. The van der Waals surface area contributed by atoms with Gasteiger partial charge >= 0.3 is 5.97 Å². The molecule has 0 saturated carbocycles. The van der Waals surface area contributed by atoms with Crippen molar-refractivity contribution in [2.75, 3.05) is 0 Å². The Balaban J connectivity index is 2.03. The lowest BCUT2D eigenvalue weighted by Gasteiger charge is -2.05. The summed E-state index contributed by atoms with van der Waals surface area (Å²) in [6.07, 6.45) is 3.08. The van der Waals surface area contributed by atoms with Gasteiger partial charge in [-0.1, -0.05) is 0 Å². The van der Waals surface area contributed by atoms with Crippen molar-refractivity contribution >= 4 is 17.6 Å². The van der Waals surface area contributed by atoms with Gasteiger partial charge in [-0.15, -0.1) is 0 Å². The van der Waals surface area contributed by atoms with Crippen LogP contribution in [0.5, 0.6) is 5.75 Å². The lowest BCUT2D eigenvalue weighted by molar-refractivity contribution is -0.131. The Morgan fingerprint density at radius 3 is 2.23 bits per heavy atom. The Hall–Kier alpha value is -3.02. The molecule has 0 spiro atoms. The summed E-state index contributed by atoms with van der Waals surface area (Å²) in [5.74, 6) is -0.217. The number of rotatable bonds is 4. The lowest BCUT2D eigenvalue weighted by atomic mass is 10.1. The fraction of sp³-hybridized carbons (Fsp3) is 0.125. The van der Waals surface area contributed by atoms with Gasteiger partial charge in [0.1, 0.15) is 5.75 Å². The van der Waals surface area contributed by atoms with Gasteiger partial charge in [0.05, 0.1) is 5.71 Å². The molecule has 0 aliphatic rings. The van der Waals surface area contributed by atoms with Crippen molar-refractivity contribution in [2.24, 2.45) is 5.10 Å². The zero-order valence-electron chi connectivity index (χ0n) is 12.2. The third-order valence-electron chi connectivity index (χ3n) is 2.80. The second-order valence-corrected chi connectivity index (χ2v) is 4.49. The molecule has 0 atom stereocenters. The highest BCUT2D eigenvalue weighted by Gasteiger charge is 2.04. The van der Waals surface area contributed by atoms with E-state index in [9.17, 15) is 9.59 Å². The monoisotopic (exact) mass is 297 g/mol. The highest BCUT2D eigenvalue weighted by atomic mass is 16.5. The SMILES string of the molecule is CC(=O)Oc1ccc(/C(C)=N/NC(=O)c2ccncc2)cc1. The van der Waals surface area contributed by atoms with Gasteiger partial charge in [-0.25, -0.2) is 5.43 Å². The second kappa shape index (κ2) is 7.12. The average Bonchev–Trinajstić information content (AvgIpc) is 2.53. The Morgan fingerprint density at radius 1 is 1.00 bits per heavy atom. The van der Waals surface area contributed by atoms with Crippen molar-refractivity contribution in [1.29, 1.82) is 0 Å². The van der Waals surface area contributed by atoms with Crippen LogP contribution in [-0.4, -0.2) is 22.6 Å². The topological polar surface area (TPSA) is 80.6 Å². The fourth-order valence-electron chi connectivity index (χ4n) is 1.70. The van der Waals surface area contributed by atoms with Crippen molar-refractivity contribution < 1.29 is 14.3 Å². The standard InChI is InChI=1S/C16H15N3O3/c1-11(13-3-5-15(6-4-13)22-12(2)20)18-19-16(21)14-7-9-17-10-8-14/h3-10H,1-2H3,(H,19,21)/b18-11+. The number of esters is 1. The van der Waals surface area contributed by atoms with Gasteiger partial charge in [-0.3, -0.25) is 14.6 Å². The number of nitrogens with zero attached hydrogens (tertiary/aromatic N) is 2. The third-order valence-corrected chi connectivity index (χ3v) is 2.80. The minimum absolute atomic E-state index is 0.307. The number of hydrazone groups is 1. The van der Waals surface area contributed by atoms with Gasteiger partial charge in [-0.05, 0) is 48.9 Å². The number of amides is 1. The second-order valence-electron chi connectivity index (χ2n) is 4.49. The van der Waals surface area contributed by atoms with Gasteiger partial charge < -0.3 is 4.74 Å². The van der Waals surface area contributed by atoms with E-state index >= 15 is 0 Å². The maximum absolute atomic E-state index is 11.9. The predicted molar refractivity (Wildman–Crippen MR) is 81.7 cm³/mol. The number of hydrogen-bond acceptors (Lipinski definition) is 5. The van der Waals surface area contributed by atoms with Crippen molar-refractivity contribution in [1.82, 2.24) is 10.4 Å². The normalized spacial score (nSPS) is 10.9. The molecule has 1 aromatic heterocycles. The molecule has 1 N–H and O–H groups in total. The number of benzene rings is 1. The molecule has 0 fully saturated rings. The molecule has 2 rings (SSSR count).